The number of nitrogens with one attached hydrogen (secondary N) is 2. The van der Waals surface area contributed by atoms with Gasteiger partial charge in [0.2, 0.25) is 5.89 Å². The van der Waals surface area contributed by atoms with Crippen molar-refractivity contribution in [3.8, 4) is 17.2 Å². The van der Waals surface area contributed by atoms with E-state index in [0.29, 0.717) is 34.8 Å². The molecule has 0 spiro atoms. The lowest BCUT2D eigenvalue weighted by atomic mass is 10.1. The number of anilines is 1. The predicted octanol–water partition coefficient (Wildman–Crippen LogP) is 6.82. The molecule has 184 valence electrons. The lowest BCUT2D eigenvalue weighted by molar-refractivity contribution is 0.0977. The van der Waals surface area contributed by atoms with Gasteiger partial charge in [-0.1, -0.05) is 36.4 Å². The summed E-state index contributed by atoms with van der Waals surface area (Å²) in [6, 6.07) is 28.4. The number of hydrogen-bond acceptors (Lipinski definition) is 5. The lowest BCUT2D eigenvalue weighted by Gasteiger charge is -2.11. The molecule has 4 aromatic carbocycles. The molecule has 5 rings (SSSR count). The molecule has 7 heteroatoms. The highest BCUT2D eigenvalue weighted by molar-refractivity contribution is 7.80. The Hall–Kier alpha value is -4.49. The molecule has 0 unspecified atom stereocenters. The zero-order valence-corrected chi connectivity index (χ0v) is 21.3. The van der Waals surface area contributed by atoms with Gasteiger partial charge < -0.3 is 14.5 Å². The van der Waals surface area contributed by atoms with Crippen molar-refractivity contribution in [2.75, 3.05) is 5.32 Å². The predicted molar refractivity (Wildman–Crippen MR) is 150 cm³/mol. The van der Waals surface area contributed by atoms with Crippen LogP contribution in [0.1, 0.15) is 27.0 Å². The smallest absolute Gasteiger partial charge is 0.257 e. The summed E-state index contributed by atoms with van der Waals surface area (Å²) in [4.78, 5) is 17.4. The van der Waals surface area contributed by atoms with Gasteiger partial charge in [-0.15, -0.1) is 0 Å². The van der Waals surface area contributed by atoms with E-state index in [1.807, 2.05) is 66.7 Å². The van der Waals surface area contributed by atoms with Crippen LogP contribution in [-0.4, -0.2) is 16.0 Å². The topological polar surface area (TPSA) is 76.4 Å². The van der Waals surface area contributed by atoms with E-state index in [0.717, 1.165) is 16.9 Å². The summed E-state index contributed by atoms with van der Waals surface area (Å²) < 4.78 is 11.7. The van der Waals surface area contributed by atoms with Crippen LogP contribution in [-0.2, 0) is 6.61 Å². The van der Waals surface area contributed by atoms with Crippen molar-refractivity contribution in [2.45, 2.75) is 20.5 Å². The minimum atomic E-state index is -0.307. The fraction of sp³-hybridized carbons (Fsp3) is 0.100. The van der Waals surface area contributed by atoms with Crippen molar-refractivity contribution in [3.05, 3.63) is 113 Å². The molecule has 0 atom stereocenters. The molecule has 37 heavy (non-hydrogen) atoms. The Balaban J connectivity index is 1.22. The third-order valence-corrected chi connectivity index (χ3v) is 6.17. The first kappa shape index (κ1) is 24.2. The molecule has 0 aliphatic carbocycles. The summed E-state index contributed by atoms with van der Waals surface area (Å²) in [5.41, 5.74) is 6.75. The molecule has 0 bridgehead atoms. The van der Waals surface area contributed by atoms with Gasteiger partial charge in [-0.05, 0) is 97.4 Å². The Kier molecular flexibility index (Phi) is 6.96. The first-order chi connectivity index (χ1) is 17.9. The molecule has 0 fully saturated rings. The van der Waals surface area contributed by atoms with Crippen LogP contribution in [0.25, 0.3) is 22.6 Å². The van der Waals surface area contributed by atoms with Crippen LogP contribution in [0, 0.1) is 13.8 Å². The zero-order valence-electron chi connectivity index (χ0n) is 20.4. The second-order valence-electron chi connectivity index (χ2n) is 8.71. The van der Waals surface area contributed by atoms with Crippen molar-refractivity contribution in [3.63, 3.8) is 0 Å². The number of carbonyl (C=O) groups is 1. The van der Waals surface area contributed by atoms with Crippen molar-refractivity contribution in [2.24, 2.45) is 0 Å². The largest absolute Gasteiger partial charge is 0.489 e. The average Bonchev–Trinajstić information content (AvgIpc) is 3.33. The van der Waals surface area contributed by atoms with E-state index in [9.17, 15) is 4.79 Å². The number of thiocarbonyl (C=S) groups is 1. The maximum atomic E-state index is 12.8. The number of nitrogens with zero attached hydrogens (tertiary/aromatic N) is 1. The zero-order chi connectivity index (χ0) is 25.8. The summed E-state index contributed by atoms with van der Waals surface area (Å²) >= 11 is 5.38. The molecule has 0 saturated heterocycles. The van der Waals surface area contributed by atoms with Crippen LogP contribution >= 0.6 is 12.2 Å². The van der Waals surface area contributed by atoms with Gasteiger partial charge in [-0.3, -0.25) is 10.1 Å². The van der Waals surface area contributed by atoms with E-state index >= 15 is 0 Å². The fourth-order valence-electron chi connectivity index (χ4n) is 3.83. The quantitative estimate of drug-likeness (QED) is 0.246. The molecule has 0 aliphatic rings. The van der Waals surface area contributed by atoms with Gasteiger partial charge in [0.25, 0.3) is 5.91 Å². The summed E-state index contributed by atoms with van der Waals surface area (Å²) in [5.74, 6) is 1.02. The molecule has 0 aliphatic heterocycles. The first-order valence-electron chi connectivity index (χ1n) is 11.8. The minimum absolute atomic E-state index is 0.188. The standard InChI is InChI=1S/C30H25N3O3S/c1-19-11-12-23(15-20(19)2)29-32-26-17-24(13-14-27(26)36-29)31-30(37)33-28(34)22-8-6-7-21(16-22)18-35-25-9-4-3-5-10-25/h3-17H,18H2,1-2H3,(H2,31,33,34,37). The number of rotatable bonds is 6. The number of hydrogen-bond donors (Lipinski definition) is 2. The number of oxazole rings is 1. The summed E-state index contributed by atoms with van der Waals surface area (Å²) in [6.45, 7) is 4.49. The monoisotopic (exact) mass is 507 g/mol. The second kappa shape index (κ2) is 10.6. The van der Waals surface area contributed by atoms with E-state index in [-0.39, 0.29) is 11.0 Å². The number of fused-ring (bicyclic) bond motifs is 1. The van der Waals surface area contributed by atoms with Crippen molar-refractivity contribution < 1.29 is 13.9 Å². The van der Waals surface area contributed by atoms with Crippen LogP contribution in [0.3, 0.4) is 0 Å². The van der Waals surface area contributed by atoms with Gasteiger partial charge >= 0.3 is 0 Å². The van der Waals surface area contributed by atoms with E-state index in [1.54, 1.807) is 12.1 Å². The highest BCUT2D eigenvalue weighted by Gasteiger charge is 2.12. The third kappa shape index (κ3) is 5.85. The fourth-order valence-corrected chi connectivity index (χ4v) is 4.04. The molecule has 1 heterocycles. The number of amides is 1. The van der Waals surface area contributed by atoms with E-state index in [1.165, 1.54) is 11.1 Å². The van der Waals surface area contributed by atoms with Crippen molar-refractivity contribution >= 4 is 40.0 Å². The maximum absolute atomic E-state index is 12.8. The Morgan fingerprint density at radius 1 is 0.919 bits per heavy atom. The van der Waals surface area contributed by atoms with Crippen LogP contribution in [0.2, 0.25) is 0 Å². The van der Waals surface area contributed by atoms with E-state index in [4.69, 9.17) is 21.4 Å². The summed E-state index contributed by atoms with van der Waals surface area (Å²) in [6.07, 6.45) is 0. The van der Waals surface area contributed by atoms with Crippen molar-refractivity contribution in [1.29, 1.82) is 0 Å². The SMILES string of the molecule is Cc1ccc(-c2nc3cc(NC(=S)NC(=O)c4cccc(COc5ccccc5)c4)ccc3o2)cc1C. The van der Waals surface area contributed by atoms with Crippen LogP contribution in [0.15, 0.2) is 95.4 Å². The van der Waals surface area contributed by atoms with Gasteiger partial charge in [0, 0.05) is 16.8 Å². The third-order valence-electron chi connectivity index (χ3n) is 5.96. The van der Waals surface area contributed by atoms with Gasteiger partial charge in [-0.25, -0.2) is 4.98 Å². The van der Waals surface area contributed by atoms with Crippen LogP contribution in [0.5, 0.6) is 5.75 Å². The highest BCUT2D eigenvalue weighted by Crippen LogP contribution is 2.27. The van der Waals surface area contributed by atoms with Gasteiger partial charge in [-0.2, -0.15) is 0 Å². The Morgan fingerprint density at radius 3 is 2.57 bits per heavy atom. The number of aryl methyl sites for hydroxylation is 2. The van der Waals surface area contributed by atoms with Gasteiger partial charge in [0.15, 0.2) is 10.7 Å². The number of para-hydroxylation sites is 1. The average molecular weight is 508 g/mol. The number of aromatic nitrogens is 1. The molecule has 0 saturated carbocycles. The molecule has 1 aromatic heterocycles. The Labute approximate surface area is 220 Å². The van der Waals surface area contributed by atoms with Gasteiger partial charge in [0.1, 0.15) is 17.9 Å². The molecular weight excluding hydrogens is 482 g/mol. The molecule has 5 aromatic rings. The highest BCUT2D eigenvalue weighted by atomic mass is 32.1. The van der Waals surface area contributed by atoms with Crippen molar-refractivity contribution in [1.82, 2.24) is 10.3 Å². The Bertz CT molecular complexity index is 1590. The van der Waals surface area contributed by atoms with E-state index < -0.39 is 0 Å². The maximum Gasteiger partial charge on any atom is 0.257 e. The van der Waals surface area contributed by atoms with Crippen LogP contribution < -0.4 is 15.4 Å². The normalized spacial score (nSPS) is 10.8. The molecular formula is C30H25N3O3S. The minimum Gasteiger partial charge on any atom is -0.489 e. The number of ether oxygens (including phenoxy) is 1. The second-order valence-corrected chi connectivity index (χ2v) is 9.12. The van der Waals surface area contributed by atoms with Gasteiger partial charge in [0.05, 0.1) is 0 Å². The summed E-state index contributed by atoms with van der Waals surface area (Å²) in [5, 5.41) is 5.98. The van der Waals surface area contributed by atoms with E-state index in [2.05, 4.69) is 41.6 Å². The number of carbonyl (C=O) groups excluding carboxylic acids is 1. The molecule has 1 amide bonds. The Morgan fingerprint density at radius 2 is 1.76 bits per heavy atom. The van der Waals surface area contributed by atoms with Crippen LogP contribution in [0.4, 0.5) is 5.69 Å². The summed E-state index contributed by atoms with van der Waals surface area (Å²) in [7, 11) is 0. The molecule has 2 N–H and O–H groups in total. The molecule has 6 nitrogen and oxygen atoms in total. The molecule has 0 radical (unpaired) electrons. The first-order valence-corrected chi connectivity index (χ1v) is 12.2. The lowest BCUT2D eigenvalue weighted by Crippen LogP contribution is -2.34. The number of benzene rings is 4.